The zero-order valence-corrected chi connectivity index (χ0v) is 18.7. The van der Waals surface area contributed by atoms with E-state index >= 15 is 0 Å². The van der Waals surface area contributed by atoms with Gasteiger partial charge in [-0.2, -0.15) is 5.10 Å². The molecule has 164 valence electrons. The van der Waals surface area contributed by atoms with E-state index in [1.807, 2.05) is 23.7 Å². The van der Waals surface area contributed by atoms with Gasteiger partial charge in [0.15, 0.2) is 0 Å². The summed E-state index contributed by atoms with van der Waals surface area (Å²) in [7, 11) is 0.805. The first-order valence-corrected chi connectivity index (χ1v) is 12.3. The van der Waals surface area contributed by atoms with Gasteiger partial charge in [0.1, 0.15) is 0 Å². The normalized spacial score (nSPS) is 19.4. The second-order valence-corrected chi connectivity index (χ2v) is 10.7. The Hall–Kier alpha value is -1.45. The van der Waals surface area contributed by atoms with Gasteiger partial charge in [-0.05, 0) is 45.8 Å². The van der Waals surface area contributed by atoms with Crippen LogP contribution in [-0.4, -0.2) is 72.9 Å². The zero-order chi connectivity index (χ0) is 21.0. The lowest BCUT2D eigenvalue weighted by molar-refractivity contribution is -0.129. The van der Waals surface area contributed by atoms with E-state index in [1.54, 1.807) is 6.92 Å². The van der Waals surface area contributed by atoms with Crippen LogP contribution in [-0.2, 0) is 27.9 Å². The highest BCUT2D eigenvalue weighted by Crippen LogP contribution is 2.28. The molecule has 29 heavy (non-hydrogen) atoms. The van der Waals surface area contributed by atoms with Gasteiger partial charge < -0.3 is 9.80 Å². The third kappa shape index (κ3) is 5.79. The summed E-state index contributed by atoms with van der Waals surface area (Å²) in [5.41, 5.74) is 2.16. The van der Waals surface area contributed by atoms with Gasteiger partial charge in [-0.1, -0.05) is 12.8 Å². The lowest BCUT2D eigenvalue weighted by Gasteiger charge is -2.30. The van der Waals surface area contributed by atoms with Gasteiger partial charge in [0.2, 0.25) is 15.9 Å². The molecule has 0 atom stereocenters. The maximum atomic E-state index is 12.4. The lowest BCUT2D eigenvalue weighted by atomic mass is 9.93. The van der Waals surface area contributed by atoms with Crippen LogP contribution in [0.25, 0.3) is 0 Å². The second-order valence-electron chi connectivity index (χ2n) is 8.65. The maximum Gasteiger partial charge on any atom is 0.219 e. The number of nitrogens with zero attached hydrogens (tertiary/aromatic N) is 4. The summed E-state index contributed by atoms with van der Waals surface area (Å²) < 4.78 is 29.6. The van der Waals surface area contributed by atoms with Crippen LogP contribution in [0, 0.1) is 0 Å². The van der Waals surface area contributed by atoms with Crippen LogP contribution in [0.2, 0.25) is 0 Å². The van der Waals surface area contributed by atoms with E-state index in [0.717, 1.165) is 69.5 Å². The SMILES string of the molecule is CC(=O)N1CCC(c2cc(CN(C)C)n(CCNS(=O)(=O)C3CCCC3)n2)CC1. The van der Waals surface area contributed by atoms with Gasteiger partial charge in [-0.15, -0.1) is 0 Å². The first-order valence-electron chi connectivity index (χ1n) is 10.7. The summed E-state index contributed by atoms with van der Waals surface area (Å²) in [5.74, 6) is 0.486. The van der Waals surface area contributed by atoms with Crippen molar-refractivity contribution < 1.29 is 13.2 Å². The predicted molar refractivity (Wildman–Crippen MR) is 113 cm³/mol. The van der Waals surface area contributed by atoms with Gasteiger partial charge in [-0.25, -0.2) is 13.1 Å². The molecule has 9 heteroatoms. The van der Waals surface area contributed by atoms with Crippen LogP contribution in [0.4, 0.5) is 0 Å². The molecular weight excluding hydrogens is 390 g/mol. The summed E-state index contributed by atoms with van der Waals surface area (Å²) in [6.07, 6.45) is 5.39. The molecule has 1 saturated carbocycles. The molecular formula is C20H35N5O3S. The molecule has 0 bridgehead atoms. The van der Waals surface area contributed by atoms with Crippen molar-refractivity contribution in [3.05, 3.63) is 17.5 Å². The highest BCUT2D eigenvalue weighted by atomic mass is 32.2. The molecule has 1 amide bonds. The van der Waals surface area contributed by atoms with E-state index in [4.69, 9.17) is 5.10 Å². The number of aromatic nitrogens is 2. The third-order valence-electron chi connectivity index (χ3n) is 6.09. The van der Waals surface area contributed by atoms with Gasteiger partial charge in [0, 0.05) is 39.0 Å². The van der Waals surface area contributed by atoms with E-state index in [2.05, 4.69) is 15.7 Å². The van der Waals surface area contributed by atoms with Crippen LogP contribution < -0.4 is 4.72 Å². The molecule has 8 nitrogen and oxygen atoms in total. The van der Waals surface area contributed by atoms with Crippen molar-refractivity contribution in [2.24, 2.45) is 0 Å². The Bertz CT molecular complexity index is 791. The average Bonchev–Trinajstić information content (AvgIpc) is 3.32. The molecule has 1 aliphatic heterocycles. The first-order chi connectivity index (χ1) is 13.8. The largest absolute Gasteiger partial charge is 0.343 e. The number of sulfonamides is 1. The number of amides is 1. The molecule has 1 aromatic rings. The monoisotopic (exact) mass is 425 g/mol. The molecule has 1 aliphatic carbocycles. The van der Waals surface area contributed by atoms with Crippen molar-refractivity contribution in [3.8, 4) is 0 Å². The van der Waals surface area contributed by atoms with E-state index in [-0.39, 0.29) is 11.2 Å². The number of likely N-dealkylation sites (tertiary alicyclic amines) is 1. The molecule has 1 N–H and O–H groups in total. The number of hydrogen-bond donors (Lipinski definition) is 1. The van der Waals surface area contributed by atoms with Crippen LogP contribution >= 0.6 is 0 Å². The Kier molecular flexibility index (Phi) is 7.34. The molecule has 0 radical (unpaired) electrons. The Morgan fingerprint density at radius 3 is 2.45 bits per heavy atom. The summed E-state index contributed by atoms with van der Waals surface area (Å²) in [5, 5.41) is 4.59. The molecule has 1 aromatic heterocycles. The van der Waals surface area contributed by atoms with Crippen LogP contribution in [0.1, 0.15) is 62.8 Å². The van der Waals surface area contributed by atoms with Crippen LogP contribution in [0.5, 0.6) is 0 Å². The van der Waals surface area contributed by atoms with Gasteiger partial charge in [0.05, 0.1) is 23.2 Å². The minimum absolute atomic E-state index is 0.136. The number of rotatable bonds is 8. The Balaban J connectivity index is 1.63. The fourth-order valence-corrected chi connectivity index (χ4v) is 5.99. The number of carbonyl (C=O) groups is 1. The van der Waals surface area contributed by atoms with Crippen LogP contribution in [0.3, 0.4) is 0 Å². The number of carbonyl (C=O) groups excluding carboxylic acids is 1. The summed E-state index contributed by atoms with van der Waals surface area (Å²) in [4.78, 5) is 15.6. The Morgan fingerprint density at radius 1 is 1.21 bits per heavy atom. The van der Waals surface area contributed by atoms with Crippen molar-refractivity contribution in [2.75, 3.05) is 33.7 Å². The number of hydrogen-bond acceptors (Lipinski definition) is 5. The molecule has 1 saturated heterocycles. The minimum Gasteiger partial charge on any atom is -0.343 e. The van der Waals surface area contributed by atoms with Crippen molar-refractivity contribution >= 4 is 15.9 Å². The highest BCUT2D eigenvalue weighted by Gasteiger charge is 2.28. The van der Waals surface area contributed by atoms with Gasteiger partial charge in [0.25, 0.3) is 0 Å². The topological polar surface area (TPSA) is 87.5 Å². The smallest absolute Gasteiger partial charge is 0.219 e. The fraction of sp³-hybridized carbons (Fsp3) is 0.800. The number of nitrogens with one attached hydrogen (secondary N) is 1. The van der Waals surface area contributed by atoms with Crippen molar-refractivity contribution in [2.45, 2.75) is 69.7 Å². The van der Waals surface area contributed by atoms with E-state index in [9.17, 15) is 13.2 Å². The second kappa shape index (κ2) is 9.57. The first kappa shape index (κ1) is 22.2. The fourth-order valence-electron chi connectivity index (χ4n) is 4.42. The van der Waals surface area contributed by atoms with Crippen LogP contribution in [0.15, 0.2) is 6.07 Å². The van der Waals surface area contributed by atoms with E-state index in [1.165, 1.54) is 0 Å². The molecule has 0 unspecified atom stereocenters. The average molecular weight is 426 g/mol. The Labute approximate surface area is 174 Å². The van der Waals surface area contributed by atoms with Crippen molar-refractivity contribution in [3.63, 3.8) is 0 Å². The molecule has 3 rings (SSSR count). The van der Waals surface area contributed by atoms with Crippen molar-refractivity contribution in [1.29, 1.82) is 0 Å². The third-order valence-corrected chi connectivity index (χ3v) is 8.04. The van der Waals surface area contributed by atoms with Crippen molar-refractivity contribution in [1.82, 2.24) is 24.3 Å². The molecule has 2 heterocycles. The minimum atomic E-state index is -3.23. The quantitative estimate of drug-likeness (QED) is 0.683. The molecule has 0 spiro atoms. The standard InChI is InChI=1S/C20H35N5O3S/c1-16(26)24-11-8-17(9-12-24)20-14-18(15-23(2)3)25(22-20)13-10-21-29(27,28)19-6-4-5-7-19/h14,17,19,21H,4-13,15H2,1-3H3. The Morgan fingerprint density at radius 2 is 1.86 bits per heavy atom. The van der Waals surface area contributed by atoms with Gasteiger partial charge in [-0.3, -0.25) is 9.48 Å². The number of piperidine rings is 1. The summed E-state index contributed by atoms with van der Waals surface area (Å²) in [6.45, 7) is 4.82. The van der Waals surface area contributed by atoms with E-state index in [0.29, 0.717) is 19.0 Å². The zero-order valence-electron chi connectivity index (χ0n) is 17.9. The maximum absolute atomic E-state index is 12.4. The predicted octanol–water partition coefficient (Wildman–Crippen LogP) is 1.53. The van der Waals surface area contributed by atoms with E-state index < -0.39 is 10.0 Å². The van der Waals surface area contributed by atoms with Gasteiger partial charge >= 0.3 is 0 Å². The summed E-state index contributed by atoms with van der Waals surface area (Å²) >= 11 is 0. The highest BCUT2D eigenvalue weighted by molar-refractivity contribution is 7.90. The summed E-state index contributed by atoms with van der Waals surface area (Å²) in [6, 6.07) is 2.15. The molecule has 2 aliphatic rings. The molecule has 0 aromatic carbocycles. The molecule has 2 fully saturated rings. The lowest BCUT2D eigenvalue weighted by Crippen LogP contribution is -2.36.